The molecule has 3 aliphatic rings. The van der Waals surface area contributed by atoms with Gasteiger partial charge in [0.05, 0.1) is 18.1 Å². The SMILES string of the molecule is CC(=O)CC[C@H]1C(=O)N[C@@H](C(C)C)C(=O)N[C@@H](Cc2cccc(O)c2)C(=O)N2CCCC(N2)C(=O)O[C@H](/C(C)=C/C=C/C(=O)N2CCCCC2)C/C=C/C=C/[C@H](O)[C@H](C)[C@H]1O. The maximum Gasteiger partial charge on any atom is 0.325 e. The number of aromatic hydroxyl groups is 1. The Kier molecular flexibility index (Phi) is 18.9. The second kappa shape index (κ2) is 23.8. The Morgan fingerprint density at radius 3 is 2.39 bits per heavy atom. The summed E-state index contributed by atoms with van der Waals surface area (Å²) in [6, 6.07) is 2.96. The molecule has 1 unspecified atom stereocenters. The van der Waals surface area contributed by atoms with Crippen molar-refractivity contribution in [1.29, 1.82) is 0 Å². The van der Waals surface area contributed by atoms with Crippen molar-refractivity contribution in [3.8, 4) is 5.75 Å². The van der Waals surface area contributed by atoms with Gasteiger partial charge in [-0.3, -0.25) is 29.0 Å². The lowest BCUT2D eigenvalue weighted by atomic mass is 9.84. The third-order valence-electron chi connectivity index (χ3n) is 11.5. The number of likely N-dealkylation sites (tertiary alicyclic amines) is 1. The van der Waals surface area contributed by atoms with Crippen molar-refractivity contribution in [2.75, 3.05) is 19.6 Å². The van der Waals surface area contributed by atoms with Gasteiger partial charge in [0.1, 0.15) is 35.8 Å². The number of ketones is 1. The normalized spacial score (nSPS) is 29.2. The quantitative estimate of drug-likeness (QED) is 0.120. The van der Waals surface area contributed by atoms with E-state index >= 15 is 0 Å². The van der Waals surface area contributed by atoms with E-state index in [1.54, 1.807) is 75.1 Å². The molecule has 3 aliphatic heterocycles. The number of aliphatic hydroxyl groups is 2. The van der Waals surface area contributed by atoms with Crippen molar-refractivity contribution >= 4 is 35.4 Å². The zero-order valence-electron chi connectivity index (χ0n) is 36.1. The molecule has 8 atom stereocenters. The van der Waals surface area contributed by atoms with Gasteiger partial charge in [0.25, 0.3) is 5.91 Å². The van der Waals surface area contributed by atoms with Gasteiger partial charge in [0, 0.05) is 50.9 Å². The molecule has 1 aromatic rings. The molecule has 2 bridgehead atoms. The molecule has 1 aromatic carbocycles. The Morgan fingerprint density at radius 1 is 0.967 bits per heavy atom. The number of amides is 4. The van der Waals surface area contributed by atoms with Crippen molar-refractivity contribution in [3.05, 3.63) is 77.9 Å². The van der Waals surface area contributed by atoms with Crippen LogP contribution in [0.25, 0.3) is 0 Å². The number of benzene rings is 1. The number of allylic oxidation sites excluding steroid dienone is 4. The zero-order valence-corrected chi connectivity index (χ0v) is 36.1. The summed E-state index contributed by atoms with van der Waals surface area (Å²) in [4.78, 5) is 82.9. The van der Waals surface area contributed by atoms with E-state index in [1.165, 1.54) is 36.2 Å². The van der Waals surface area contributed by atoms with Crippen LogP contribution in [-0.4, -0.2) is 117 Å². The van der Waals surface area contributed by atoms with E-state index in [0.29, 0.717) is 37.1 Å². The Balaban J connectivity index is 1.70. The van der Waals surface area contributed by atoms with Crippen LogP contribution >= 0.6 is 0 Å². The largest absolute Gasteiger partial charge is 0.508 e. The van der Waals surface area contributed by atoms with Crippen LogP contribution in [0.15, 0.2) is 72.4 Å². The molecule has 0 radical (unpaired) electrons. The third kappa shape index (κ3) is 14.8. The van der Waals surface area contributed by atoms with Crippen LogP contribution in [0.2, 0.25) is 0 Å². The van der Waals surface area contributed by atoms with E-state index in [1.807, 2.05) is 0 Å². The van der Waals surface area contributed by atoms with E-state index in [2.05, 4.69) is 16.1 Å². The number of fused-ring (bicyclic) bond motifs is 2. The Hall–Kier alpha value is -5.12. The van der Waals surface area contributed by atoms with E-state index in [4.69, 9.17) is 4.74 Å². The number of hydrogen-bond donors (Lipinski definition) is 6. The van der Waals surface area contributed by atoms with Crippen molar-refractivity contribution < 1.29 is 48.8 Å². The fourth-order valence-electron chi connectivity index (χ4n) is 7.66. The molecular weight excluding hydrogens is 783 g/mol. The zero-order chi connectivity index (χ0) is 44.6. The lowest BCUT2D eigenvalue weighted by molar-refractivity contribution is -0.156. The second-order valence-electron chi connectivity index (χ2n) is 16.8. The Labute approximate surface area is 359 Å². The number of hydrazine groups is 1. The second-order valence-corrected chi connectivity index (χ2v) is 16.8. The number of nitrogens with zero attached hydrogens (tertiary/aromatic N) is 2. The van der Waals surface area contributed by atoms with Crippen LogP contribution in [0.1, 0.15) is 91.5 Å². The van der Waals surface area contributed by atoms with Crippen LogP contribution in [0, 0.1) is 17.8 Å². The summed E-state index contributed by atoms with van der Waals surface area (Å²) in [5, 5.41) is 39.6. The molecule has 61 heavy (non-hydrogen) atoms. The van der Waals surface area contributed by atoms with Gasteiger partial charge in [-0.25, -0.2) is 5.43 Å². The first-order chi connectivity index (χ1) is 29.0. The molecule has 4 amide bonds. The molecular formula is C46H65N5O10. The summed E-state index contributed by atoms with van der Waals surface area (Å²) < 4.78 is 6.07. The number of ether oxygens (including phenoxy) is 1. The minimum Gasteiger partial charge on any atom is -0.508 e. The summed E-state index contributed by atoms with van der Waals surface area (Å²) >= 11 is 0. The predicted octanol–water partition coefficient (Wildman–Crippen LogP) is 3.34. The number of Topliss-reactive ketones (excluding diaryl/α,β-unsaturated/α-hetero) is 1. The minimum absolute atomic E-state index is 0.0243. The highest BCUT2D eigenvalue weighted by Gasteiger charge is 2.38. The minimum atomic E-state index is -1.42. The molecule has 2 fully saturated rings. The molecule has 6 N–H and O–H groups in total. The standard InChI is InChI=1S/C46H65N5O10/c1-29(2)41-44(58)47-37(28-33-16-13-17-34(53)27-33)45(59)51-26-14-18-36(49-51)46(60)61-39(30(3)15-12-21-40(55)50-24-10-7-11-25-50)20-9-6-8-19-38(54)32(5)42(56)35(43(57)48-41)23-22-31(4)52/h6,8-9,12-13,15-17,19,21,27,29,32,35-39,41-42,49,53-54,56H,7,10-11,14,18,20,22-26,28H2,1-5H3,(H,47,58)(H,48,57)/b9-6+,19-8+,21-12+,30-15+/t32-,35+,36?,37-,38-,39-,41-,42+/m0/s1. The number of aliphatic hydroxyl groups excluding tert-OH is 2. The molecule has 0 aromatic heterocycles. The van der Waals surface area contributed by atoms with Crippen LogP contribution in [0.5, 0.6) is 5.75 Å². The van der Waals surface area contributed by atoms with Gasteiger partial charge in [0.2, 0.25) is 17.7 Å². The smallest absolute Gasteiger partial charge is 0.325 e. The van der Waals surface area contributed by atoms with Gasteiger partial charge >= 0.3 is 5.97 Å². The first-order valence-electron chi connectivity index (χ1n) is 21.5. The van der Waals surface area contributed by atoms with Gasteiger partial charge in [-0.15, -0.1) is 0 Å². The van der Waals surface area contributed by atoms with Crippen molar-refractivity contribution in [2.24, 2.45) is 17.8 Å². The maximum atomic E-state index is 14.4. The number of piperidine rings is 1. The van der Waals surface area contributed by atoms with Crippen LogP contribution in [-0.2, 0) is 39.9 Å². The number of phenols is 1. The van der Waals surface area contributed by atoms with Gasteiger partial charge in [-0.1, -0.05) is 69.4 Å². The van der Waals surface area contributed by atoms with Crippen molar-refractivity contribution in [1.82, 2.24) is 26.0 Å². The van der Waals surface area contributed by atoms with E-state index in [-0.39, 0.29) is 49.7 Å². The molecule has 0 aliphatic carbocycles. The fourth-order valence-corrected chi connectivity index (χ4v) is 7.66. The van der Waals surface area contributed by atoms with Crippen LogP contribution in [0.3, 0.4) is 0 Å². The molecule has 334 valence electrons. The molecule has 0 saturated carbocycles. The first-order valence-corrected chi connectivity index (χ1v) is 21.5. The lowest BCUT2D eigenvalue weighted by Gasteiger charge is -2.36. The van der Waals surface area contributed by atoms with Crippen molar-refractivity contribution in [3.63, 3.8) is 0 Å². The molecule has 3 heterocycles. The highest BCUT2D eigenvalue weighted by Crippen LogP contribution is 2.24. The topological polar surface area (TPSA) is 215 Å². The van der Waals surface area contributed by atoms with Crippen LogP contribution in [0.4, 0.5) is 0 Å². The van der Waals surface area contributed by atoms with Gasteiger partial charge in [0.15, 0.2) is 0 Å². The number of nitrogens with one attached hydrogen (secondary N) is 3. The fraction of sp³-hybridized carbons (Fsp3) is 0.565. The molecule has 2 saturated heterocycles. The van der Waals surface area contributed by atoms with E-state index in [9.17, 15) is 44.1 Å². The highest BCUT2D eigenvalue weighted by molar-refractivity contribution is 5.93. The number of esters is 1. The summed E-state index contributed by atoms with van der Waals surface area (Å²) in [5.41, 5.74) is 4.21. The van der Waals surface area contributed by atoms with Crippen LogP contribution < -0.4 is 16.1 Å². The first kappa shape index (κ1) is 48.5. The number of phenolic OH excluding ortho intramolecular Hbond substituents is 1. The highest BCUT2D eigenvalue weighted by atomic mass is 16.5. The maximum absolute atomic E-state index is 14.4. The summed E-state index contributed by atoms with van der Waals surface area (Å²) in [6.45, 7) is 9.80. The number of hydrogen-bond acceptors (Lipinski definition) is 11. The average molecular weight is 848 g/mol. The molecule has 15 nitrogen and oxygen atoms in total. The Bertz CT molecular complexity index is 1820. The predicted molar refractivity (Wildman–Crippen MR) is 229 cm³/mol. The number of carbonyl (C=O) groups is 6. The average Bonchev–Trinajstić information content (AvgIpc) is 3.23. The lowest BCUT2D eigenvalue weighted by Crippen LogP contribution is -2.62. The number of rotatable bonds is 9. The molecule has 15 heteroatoms. The summed E-state index contributed by atoms with van der Waals surface area (Å²) in [6.07, 6.45) is 11.9. The Morgan fingerprint density at radius 2 is 1.70 bits per heavy atom. The summed E-state index contributed by atoms with van der Waals surface area (Å²) in [5.74, 6) is -5.41. The van der Waals surface area contributed by atoms with Gasteiger partial charge < -0.3 is 40.4 Å². The molecule has 0 spiro atoms. The monoisotopic (exact) mass is 847 g/mol. The van der Waals surface area contributed by atoms with E-state index < -0.39 is 77.9 Å². The number of cyclic esters (lactones) is 1. The van der Waals surface area contributed by atoms with E-state index in [0.717, 1.165) is 19.3 Å². The van der Waals surface area contributed by atoms with Gasteiger partial charge in [-0.05, 0) is 81.6 Å². The third-order valence-corrected chi connectivity index (χ3v) is 11.5. The summed E-state index contributed by atoms with van der Waals surface area (Å²) in [7, 11) is 0. The van der Waals surface area contributed by atoms with Crippen molar-refractivity contribution in [2.45, 2.75) is 129 Å². The molecule has 4 rings (SSSR count). The number of carbonyl (C=O) groups excluding carboxylic acids is 6. The van der Waals surface area contributed by atoms with Gasteiger partial charge in [-0.2, -0.15) is 0 Å².